The molecule has 1 fully saturated rings. The van der Waals surface area contributed by atoms with Crippen LogP contribution >= 0.6 is 11.8 Å². The van der Waals surface area contributed by atoms with Gasteiger partial charge in [-0.25, -0.2) is 9.88 Å². The van der Waals surface area contributed by atoms with Gasteiger partial charge in [-0.1, -0.05) is 25.6 Å². The first-order valence-corrected chi connectivity index (χ1v) is 10.00. The van der Waals surface area contributed by atoms with Crippen LogP contribution < -0.4 is 10.2 Å². The third kappa shape index (κ3) is 4.46. The monoisotopic (exact) mass is 408 g/mol. The van der Waals surface area contributed by atoms with E-state index in [0.29, 0.717) is 22.0 Å². The molecule has 1 saturated heterocycles. The molecule has 8 heteroatoms. The molecule has 29 heavy (non-hydrogen) atoms. The molecule has 7 nitrogen and oxygen atoms in total. The third-order valence-electron chi connectivity index (χ3n) is 4.40. The molecular formula is C21H20N4O3S. The number of benzene rings is 1. The Morgan fingerprint density at radius 1 is 1.24 bits per heavy atom. The Labute approximate surface area is 173 Å². The lowest BCUT2D eigenvalue weighted by atomic mass is 10.1. The zero-order valence-corrected chi connectivity index (χ0v) is 17.1. The van der Waals surface area contributed by atoms with Gasteiger partial charge in [0, 0.05) is 24.7 Å². The van der Waals surface area contributed by atoms with E-state index in [0.717, 1.165) is 22.4 Å². The van der Waals surface area contributed by atoms with Gasteiger partial charge in [0.2, 0.25) is 17.7 Å². The largest absolute Gasteiger partial charge is 0.326 e. The molecule has 0 radical (unpaired) electrons. The molecule has 3 rings (SSSR count). The summed E-state index contributed by atoms with van der Waals surface area (Å²) in [4.78, 5) is 42.2. The summed E-state index contributed by atoms with van der Waals surface area (Å²) in [6.07, 6.45) is 0.0371. The molecule has 148 valence electrons. The van der Waals surface area contributed by atoms with E-state index >= 15 is 0 Å². The minimum absolute atomic E-state index is 0.0371. The highest BCUT2D eigenvalue weighted by Gasteiger charge is 2.40. The van der Waals surface area contributed by atoms with Crippen molar-refractivity contribution >= 4 is 40.9 Å². The second-order valence-electron chi connectivity index (χ2n) is 6.96. The topological polar surface area (TPSA) is 103 Å². The van der Waals surface area contributed by atoms with Gasteiger partial charge in [0.05, 0.1) is 16.5 Å². The molecule has 0 spiro atoms. The number of imide groups is 1. The van der Waals surface area contributed by atoms with E-state index in [-0.39, 0.29) is 30.1 Å². The van der Waals surface area contributed by atoms with Crippen molar-refractivity contribution in [1.29, 1.82) is 5.26 Å². The lowest BCUT2D eigenvalue weighted by molar-refractivity contribution is -0.121. The number of pyridine rings is 1. The third-order valence-corrected chi connectivity index (χ3v) is 5.59. The molecule has 2 aromatic rings. The van der Waals surface area contributed by atoms with Gasteiger partial charge < -0.3 is 5.32 Å². The maximum Gasteiger partial charge on any atom is 0.247 e. The van der Waals surface area contributed by atoms with Gasteiger partial charge in [-0.15, -0.1) is 0 Å². The van der Waals surface area contributed by atoms with Crippen LogP contribution in [-0.4, -0.2) is 28.0 Å². The first-order valence-electron chi connectivity index (χ1n) is 9.12. The van der Waals surface area contributed by atoms with Crippen LogP contribution in [0.4, 0.5) is 11.4 Å². The molecule has 1 aromatic carbocycles. The van der Waals surface area contributed by atoms with Gasteiger partial charge in [-0.3, -0.25) is 14.4 Å². The van der Waals surface area contributed by atoms with Gasteiger partial charge in [0.1, 0.15) is 11.1 Å². The van der Waals surface area contributed by atoms with Crippen molar-refractivity contribution in [2.75, 3.05) is 10.2 Å². The Morgan fingerprint density at radius 2 is 1.93 bits per heavy atom. The van der Waals surface area contributed by atoms with Crippen LogP contribution in [0.1, 0.15) is 44.4 Å². The quantitative estimate of drug-likeness (QED) is 0.760. The molecule has 1 aromatic heterocycles. The number of rotatable bonds is 5. The molecule has 0 aliphatic carbocycles. The molecule has 0 unspecified atom stereocenters. The Morgan fingerprint density at radius 3 is 2.52 bits per heavy atom. The Kier molecular flexibility index (Phi) is 5.99. The van der Waals surface area contributed by atoms with Gasteiger partial charge >= 0.3 is 0 Å². The van der Waals surface area contributed by atoms with Crippen molar-refractivity contribution in [2.45, 2.75) is 43.4 Å². The summed E-state index contributed by atoms with van der Waals surface area (Å²) in [6.45, 7) is 5.40. The van der Waals surface area contributed by atoms with Crippen LogP contribution in [-0.2, 0) is 14.4 Å². The first-order chi connectivity index (χ1) is 13.8. The summed E-state index contributed by atoms with van der Waals surface area (Å²) >= 11 is 1.15. The number of nitriles is 1. The summed E-state index contributed by atoms with van der Waals surface area (Å²) < 4.78 is 0. The maximum absolute atomic E-state index is 12.9. The number of nitrogens with zero attached hydrogens (tertiary/aromatic N) is 3. The summed E-state index contributed by atoms with van der Waals surface area (Å²) in [5.74, 6) is -0.667. The van der Waals surface area contributed by atoms with E-state index < -0.39 is 5.25 Å². The number of amides is 3. The minimum atomic E-state index is -0.639. The van der Waals surface area contributed by atoms with Crippen LogP contribution in [0, 0.1) is 11.3 Å². The number of carbonyl (C=O) groups is 3. The maximum atomic E-state index is 12.9. The highest BCUT2D eigenvalue weighted by atomic mass is 32.2. The van der Waals surface area contributed by atoms with E-state index in [9.17, 15) is 19.6 Å². The first kappa shape index (κ1) is 20.6. The number of carbonyl (C=O) groups excluding carboxylic acids is 3. The van der Waals surface area contributed by atoms with Crippen molar-refractivity contribution in [1.82, 2.24) is 4.98 Å². The number of hydrogen-bond donors (Lipinski definition) is 1. The van der Waals surface area contributed by atoms with E-state index in [1.807, 2.05) is 13.8 Å². The number of hydrogen-bond acceptors (Lipinski definition) is 6. The van der Waals surface area contributed by atoms with Crippen molar-refractivity contribution in [3.05, 3.63) is 47.7 Å². The molecule has 1 N–H and O–H groups in total. The molecule has 0 bridgehead atoms. The Bertz CT molecular complexity index is 1010. The average molecular weight is 408 g/mol. The van der Waals surface area contributed by atoms with Crippen LogP contribution in [0.15, 0.2) is 41.4 Å². The summed E-state index contributed by atoms with van der Waals surface area (Å²) in [6, 6.07) is 12.1. The van der Waals surface area contributed by atoms with E-state index in [2.05, 4.69) is 16.4 Å². The van der Waals surface area contributed by atoms with Crippen LogP contribution in [0.3, 0.4) is 0 Å². The fraction of sp³-hybridized carbons (Fsp3) is 0.286. The smallest absolute Gasteiger partial charge is 0.247 e. The SMILES string of the molecule is CC(=O)Nc1ccc(N2C(=O)C[C@H](Sc3nc(C(C)C)ccc3C#N)C2=O)cc1. The number of aromatic nitrogens is 1. The number of thioether (sulfide) groups is 1. The lowest BCUT2D eigenvalue weighted by Crippen LogP contribution is -2.31. The van der Waals surface area contributed by atoms with Crippen LogP contribution in [0.2, 0.25) is 0 Å². The fourth-order valence-electron chi connectivity index (χ4n) is 2.95. The normalized spacial score (nSPS) is 16.2. The van der Waals surface area contributed by atoms with Crippen molar-refractivity contribution in [3.63, 3.8) is 0 Å². The van der Waals surface area contributed by atoms with Crippen molar-refractivity contribution < 1.29 is 14.4 Å². The standard InChI is InChI=1S/C21H20N4O3S/c1-12(2)17-9-4-14(11-22)20(24-17)29-18-10-19(27)25(21(18)28)16-7-5-15(6-8-16)23-13(3)26/h4-9,12,18H,10H2,1-3H3,(H,23,26)/t18-/m0/s1. The predicted octanol–water partition coefficient (Wildman–Crippen LogP) is 3.46. The van der Waals surface area contributed by atoms with Gasteiger partial charge in [0.25, 0.3) is 0 Å². The lowest BCUT2D eigenvalue weighted by Gasteiger charge is -2.16. The molecule has 1 atom stereocenters. The zero-order chi connectivity index (χ0) is 21.1. The Hall–Kier alpha value is -3.18. The second-order valence-corrected chi connectivity index (χ2v) is 8.15. The number of anilines is 2. The second kappa shape index (κ2) is 8.45. The van der Waals surface area contributed by atoms with Crippen LogP contribution in [0.25, 0.3) is 0 Å². The van der Waals surface area contributed by atoms with E-state index in [4.69, 9.17) is 0 Å². The zero-order valence-electron chi connectivity index (χ0n) is 16.3. The van der Waals surface area contributed by atoms with E-state index in [1.54, 1.807) is 36.4 Å². The van der Waals surface area contributed by atoms with E-state index in [1.165, 1.54) is 6.92 Å². The highest BCUT2D eigenvalue weighted by molar-refractivity contribution is 8.00. The minimum Gasteiger partial charge on any atom is -0.326 e. The van der Waals surface area contributed by atoms with Gasteiger partial charge in [-0.05, 0) is 42.3 Å². The molecule has 0 saturated carbocycles. The molecule has 1 aliphatic rings. The Balaban J connectivity index is 1.82. The van der Waals surface area contributed by atoms with Gasteiger partial charge in [-0.2, -0.15) is 5.26 Å². The molecular weight excluding hydrogens is 388 g/mol. The number of nitrogens with one attached hydrogen (secondary N) is 1. The summed E-state index contributed by atoms with van der Waals surface area (Å²) in [5.41, 5.74) is 2.24. The highest BCUT2D eigenvalue weighted by Crippen LogP contribution is 2.35. The van der Waals surface area contributed by atoms with Crippen LogP contribution in [0.5, 0.6) is 0 Å². The molecule has 1 aliphatic heterocycles. The summed E-state index contributed by atoms with van der Waals surface area (Å²) in [7, 11) is 0. The van der Waals surface area contributed by atoms with Gasteiger partial charge in [0.15, 0.2) is 0 Å². The average Bonchev–Trinajstić information content (AvgIpc) is 2.95. The predicted molar refractivity (Wildman–Crippen MR) is 111 cm³/mol. The summed E-state index contributed by atoms with van der Waals surface area (Å²) in [5, 5.41) is 11.8. The van der Waals surface area contributed by atoms with Crippen molar-refractivity contribution in [3.8, 4) is 6.07 Å². The molecule has 2 heterocycles. The molecule has 3 amide bonds. The fourth-order valence-corrected chi connectivity index (χ4v) is 4.05. The van der Waals surface area contributed by atoms with Crippen molar-refractivity contribution in [2.24, 2.45) is 0 Å².